The summed E-state index contributed by atoms with van der Waals surface area (Å²) in [7, 11) is 1.63. The Morgan fingerprint density at radius 2 is 2.54 bits per heavy atom. The van der Waals surface area contributed by atoms with Gasteiger partial charge in [-0.25, -0.2) is 9.18 Å². The normalized spacial score (nSPS) is 12.8. The molecule has 0 fully saturated rings. The Hall–Kier alpha value is -0.910. The van der Waals surface area contributed by atoms with Crippen LogP contribution in [0.15, 0.2) is 10.7 Å². The Balaban J connectivity index is 2.79. The van der Waals surface area contributed by atoms with E-state index in [1.807, 2.05) is 0 Å². The third-order valence-corrected chi connectivity index (χ3v) is 2.31. The fraction of sp³-hybridized carbons (Fsp3) is 0.429. The highest BCUT2D eigenvalue weighted by Gasteiger charge is 2.19. The average Bonchev–Trinajstić information content (AvgIpc) is 2.35. The summed E-state index contributed by atoms with van der Waals surface area (Å²) < 4.78 is 14.9. The molecule has 1 atom stereocenters. The topological polar surface area (TPSA) is 55.1 Å². The molecular weight excluding hydrogens is 243 g/mol. The molecule has 6 heteroatoms. The van der Waals surface area contributed by atoms with E-state index < -0.39 is 12.1 Å². The van der Waals surface area contributed by atoms with E-state index in [9.17, 15) is 9.18 Å². The van der Waals surface area contributed by atoms with E-state index >= 15 is 0 Å². The van der Waals surface area contributed by atoms with Gasteiger partial charge in [0.2, 0.25) is 6.17 Å². The fourth-order valence-electron chi connectivity index (χ4n) is 0.923. The maximum Gasteiger partial charge on any atom is 0.338 e. The largest absolute Gasteiger partial charge is 0.479 e. The SMILES string of the molecule is Cn1ncc(Br)c1CC(F)C(=O)O. The molecule has 0 saturated carbocycles. The zero-order valence-electron chi connectivity index (χ0n) is 6.87. The predicted octanol–water partition coefficient (Wildman–Crippen LogP) is 1.15. The minimum Gasteiger partial charge on any atom is -0.479 e. The van der Waals surface area contributed by atoms with E-state index in [0.29, 0.717) is 10.2 Å². The zero-order valence-corrected chi connectivity index (χ0v) is 8.45. The number of carboxylic acid groups (broad SMARTS) is 1. The lowest BCUT2D eigenvalue weighted by Crippen LogP contribution is -2.19. The molecule has 0 bridgehead atoms. The third kappa shape index (κ3) is 2.27. The summed E-state index contributed by atoms with van der Waals surface area (Å²) in [5.41, 5.74) is 0.537. The number of carboxylic acids is 1. The number of alkyl halides is 1. The summed E-state index contributed by atoms with van der Waals surface area (Å²) in [6.45, 7) is 0. The number of carbonyl (C=O) groups is 1. The first-order valence-electron chi connectivity index (χ1n) is 3.55. The van der Waals surface area contributed by atoms with Gasteiger partial charge in [-0.15, -0.1) is 0 Å². The number of aryl methyl sites for hydroxylation is 1. The number of aliphatic carboxylic acids is 1. The lowest BCUT2D eigenvalue weighted by atomic mass is 10.2. The van der Waals surface area contributed by atoms with E-state index in [1.54, 1.807) is 7.05 Å². The van der Waals surface area contributed by atoms with E-state index in [0.717, 1.165) is 0 Å². The van der Waals surface area contributed by atoms with Crippen LogP contribution in [0.25, 0.3) is 0 Å². The highest BCUT2D eigenvalue weighted by atomic mass is 79.9. The molecule has 0 radical (unpaired) electrons. The average molecular weight is 251 g/mol. The molecule has 0 aliphatic rings. The van der Waals surface area contributed by atoms with Gasteiger partial charge in [0, 0.05) is 13.5 Å². The molecule has 1 aromatic rings. The third-order valence-electron chi connectivity index (χ3n) is 1.65. The molecule has 0 amide bonds. The Labute approximate surface area is 82.5 Å². The first-order chi connectivity index (χ1) is 6.02. The number of halogens is 2. The fourth-order valence-corrected chi connectivity index (χ4v) is 1.43. The molecule has 13 heavy (non-hydrogen) atoms. The molecule has 0 aliphatic heterocycles. The molecule has 1 rings (SSSR count). The zero-order chi connectivity index (χ0) is 10.0. The van der Waals surface area contributed by atoms with Crippen LogP contribution in [0.5, 0.6) is 0 Å². The molecule has 1 aromatic heterocycles. The Bertz CT molecular complexity index is 307. The first-order valence-corrected chi connectivity index (χ1v) is 4.35. The summed E-state index contributed by atoms with van der Waals surface area (Å²) in [6.07, 6.45) is -0.553. The molecule has 0 saturated heterocycles. The van der Waals surface area contributed by atoms with Crippen LogP contribution < -0.4 is 0 Å². The number of aromatic nitrogens is 2. The van der Waals surface area contributed by atoms with Gasteiger partial charge in [0.15, 0.2) is 0 Å². The van der Waals surface area contributed by atoms with Crippen molar-refractivity contribution >= 4 is 21.9 Å². The van der Waals surface area contributed by atoms with Crippen molar-refractivity contribution in [3.63, 3.8) is 0 Å². The van der Waals surface area contributed by atoms with E-state index in [1.165, 1.54) is 10.9 Å². The second-order valence-corrected chi connectivity index (χ2v) is 3.43. The van der Waals surface area contributed by atoms with Crippen molar-refractivity contribution in [3.05, 3.63) is 16.4 Å². The summed E-state index contributed by atoms with van der Waals surface area (Å²) in [5, 5.41) is 12.2. The number of rotatable bonds is 3. The van der Waals surface area contributed by atoms with Crippen LogP contribution in [0.2, 0.25) is 0 Å². The minimum atomic E-state index is -1.88. The van der Waals surface area contributed by atoms with Gasteiger partial charge in [-0.2, -0.15) is 5.10 Å². The minimum absolute atomic E-state index is 0.174. The highest BCUT2D eigenvalue weighted by Crippen LogP contribution is 2.17. The smallest absolute Gasteiger partial charge is 0.338 e. The quantitative estimate of drug-likeness (QED) is 0.876. The van der Waals surface area contributed by atoms with Crippen molar-refractivity contribution in [3.8, 4) is 0 Å². The first kappa shape index (κ1) is 10.2. The van der Waals surface area contributed by atoms with Gasteiger partial charge in [0.05, 0.1) is 16.4 Å². The molecule has 0 spiro atoms. The lowest BCUT2D eigenvalue weighted by molar-refractivity contribution is -0.142. The van der Waals surface area contributed by atoms with Crippen molar-refractivity contribution < 1.29 is 14.3 Å². The van der Waals surface area contributed by atoms with Crippen LogP contribution in [0.4, 0.5) is 4.39 Å². The Kier molecular flexibility index (Phi) is 3.02. The van der Waals surface area contributed by atoms with E-state index in [4.69, 9.17) is 5.11 Å². The van der Waals surface area contributed by atoms with Crippen LogP contribution in [0, 0.1) is 0 Å². The second-order valence-electron chi connectivity index (χ2n) is 2.57. The van der Waals surface area contributed by atoms with Crippen LogP contribution in [0.3, 0.4) is 0 Å². The molecule has 0 aromatic carbocycles. The van der Waals surface area contributed by atoms with Crippen molar-refractivity contribution in [2.75, 3.05) is 0 Å². The van der Waals surface area contributed by atoms with Crippen LogP contribution in [-0.2, 0) is 18.3 Å². The van der Waals surface area contributed by atoms with Gasteiger partial charge in [-0.3, -0.25) is 4.68 Å². The van der Waals surface area contributed by atoms with Crippen molar-refractivity contribution in [1.82, 2.24) is 9.78 Å². The summed E-state index contributed by atoms with van der Waals surface area (Å²) >= 11 is 3.15. The van der Waals surface area contributed by atoms with Crippen molar-refractivity contribution in [1.29, 1.82) is 0 Å². The predicted molar refractivity (Wildman–Crippen MR) is 47.1 cm³/mol. The highest BCUT2D eigenvalue weighted by molar-refractivity contribution is 9.10. The monoisotopic (exact) mass is 250 g/mol. The molecule has 1 N–H and O–H groups in total. The van der Waals surface area contributed by atoms with Crippen molar-refractivity contribution in [2.24, 2.45) is 7.05 Å². The number of hydrogen-bond donors (Lipinski definition) is 1. The summed E-state index contributed by atoms with van der Waals surface area (Å²) in [4.78, 5) is 10.2. The molecule has 1 unspecified atom stereocenters. The van der Waals surface area contributed by atoms with Crippen LogP contribution in [0.1, 0.15) is 5.69 Å². The summed E-state index contributed by atoms with van der Waals surface area (Å²) in [5.74, 6) is -1.45. The van der Waals surface area contributed by atoms with E-state index in [2.05, 4.69) is 21.0 Å². The summed E-state index contributed by atoms with van der Waals surface area (Å²) in [6, 6.07) is 0. The standard InChI is InChI=1S/C7H8BrFN2O2/c1-11-6(4(8)3-10-11)2-5(9)7(12)13/h3,5H,2H2,1H3,(H,12,13). The van der Waals surface area contributed by atoms with Gasteiger partial charge >= 0.3 is 5.97 Å². The van der Waals surface area contributed by atoms with Gasteiger partial charge in [-0.1, -0.05) is 0 Å². The lowest BCUT2D eigenvalue weighted by Gasteiger charge is -2.03. The van der Waals surface area contributed by atoms with Gasteiger partial charge in [-0.05, 0) is 15.9 Å². The maximum atomic E-state index is 12.8. The molecule has 0 aliphatic carbocycles. The molecular formula is C7H8BrFN2O2. The van der Waals surface area contributed by atoms with Gasteiger partial charge < -0.3 is 5.11 Å². The van der Waals surface area contributed by atoms with Crippen LogP contribution in [-0.4, -0.2) is 27.0 Å². The Morgan fingerprint density at radius 3 is 2.92 bits per heavy atom. The van der Waals surface area contributed by atoms with E-state index in [-0.39, 0.29) is 6.42 Å². The van der Waals surface area contributed by atoms with Crippen LogP contribution >= 0.6 is 15.9 Å². The number of hydrogen-bond acceptors (Lipinski definition) is 2. The molecule has 1 heterocycles. The van der Waals surface area contributed by atoms with Gasteiger partial charge in [0.1, 0.15) is 0 Å². The van der Waals surface area contributed by atoms with Gasteiger partial charge in [0.25, 0.3) is 0 Å². The maximum absolute atomic E-state index is 12.8. The van der Waals surface area contributed by atoms with Crippen molar-refractivity contribution in [2.45, 2.75) is 12.6 Å². The Morgan fingerprint density at radius 1 is 1.92 bits per heavy atom. The number of nitrogens with zero attached hydrogens (tertiary/aromatic N) is 2. The second kappa shape index (κ2) is 3.87. The molecule has 4 nitrogen and oxygen atoms in total. The molecule has 72 valence electrons.